The Balaban J connectivity index is 0.00000228. The molecule has 13 heteroatoms. The molecule has 6 N–H and O–H groups in total. The van der Waals surface area contributed by atoms with E-state index < -0.39 is 24.1 Å². The number of aliphatic hydroxyl groups excluding tert-OH is 2. The molecule has 12 nitrogen and oxygen atoms in total. The van der Waals surface area contributed by atoms with E-state index >= 15 is 0 Å². The highest BCUT2D eigenvalue weighted by atomic mass is 32.2. The number of hydrogen-bond acceptors (Lipinski definition) is 10. The topological polar surface area (TPSA) is 175 Å². The van der Waals surface area contributed by atoms with Gasteiger partial charge in [0, 0.05) is 32.9 Å². The molecule has 1 fully saturated rings. The first-order valence-electron chi connectivity index (χ1n) is 22.8. The van der Waals surface area contributed by atoms with Crippen LogP contribution in [0.3, 0.4) is 0 Å². The highest BCUT2D eigenvalue weighted by molar-refractivity contribution is 7.98. The predicted octanol–water partition coefficient (Wildman–Crippen LogP) is 7.65. The zero-order chi connectivity index (χ0) is 47.6. The predicted molar refractivity (Wildman–Crippen MR) is 256 cm³/mol. The number of thioether (sulfide) groups is 1. The van der Waals surface area contributed by atoms with Crippen LogP contribution in [0.5, 0.6) is 0 Å². The van der Waals surface area contributed by atoms with Crippen LogP contribution < -0.4 is 21.3 Å². The van der Waals surface area contributed by atoms with Gasteiger partial charge in [-0.2, -0.15) is 11.8 Å². The van der Waals surface area contributed by atoms with Crippen LogP contribution in [0.15, 0.2) is 48.4 Å². The Bertz CT molecular complexity index is 1420. The summed E-state index contributed by atoms with van der Waals surface area (Å²) in [5.74, 6) is 1.75. The van der Waals surface area contributed by atoms with E-state index in [-0.39, 0.29) is 66.1 Å². The van der Waals surface area contributed by atoms with Crippen molar-refractivity contribution >= 4 is 35.3 Å². The number of ketones is 1. The molecule has 62 heavy (non-hydrogen) atoms. The Labute approximate surface area is 380 Å². The lowest BCUT2D eigenvalue weighted by atomic mass is 9.85. The fourth-order valence-electron chi connectivity index (χ4n) is 7.13. The number of carbonyl (C=O) groups is 4. The molecule has 1 saturated heterocycles. The first kappa shape index (κ1) is 58.9. The van der Waals surface area contributed by atoms with Gasteiger partial charge in [-0.3, -0.25) is 19.2 Å². The molecule has 0 unspecified atom stereocenters. The van der Waals surface area contributed by atoms with Gasteiger partial charge >= 0.3 is 0 Å². The van der Waals surface area contributed by atoms with Crippen molar-refractivity contribution in [3.05, 3.63) is 48.4 Å². The summed E-state index contributed by atoms with van der Waals surface area (Å²) < 4.78 is 11.6. The van der Waals surface area contributed by atoms with E-state index in [4.69, 9.17) is 14.6 Å². The Morgan fingerprint density at radius 3 is 2.16 bits per heavy atom. The minimum atomic E-state index is -0.961. The molecule has 358 valence electrons. The largest absolute Gasteiger partial charge is 0.474 e. The Morgan fingerprint density at radius 1 is 0.935 bits per heavy atom. The van der Waals surface area contributed by atoms with E-state index in [2.05, 4.69) is 74.6 Å². The zero-order valence-corrected chi connectivity index (χ0v) is 41.8. The number of Topliss-reactive ketones (excluding diaryl/α,β-unsaturated/α-hetero) is 1. The van der Waals surface area contributed by atoms with Crippen molar-refractivity contribution in [2.24, 2.45) is 35.5 Å². The minimum absolute atomic E-state index is 0.0416. The Morgan fingerprint density at radius 2 is 1.60 bits per heavy atom. The highest BCUT2D eigenvalue weighted by Crippen LogP contribution is 2.30. The van der Waals surface area contributed by atoms with Crippen molar-refractivity contribution in [1.29, 1.82) is 0 Å². The Hall–Kier alpha value is -3.13. The first-order valence-corrected chi connectivity index (χ1v) is 24.2. The van der Waals surface area contributed by atoms with Gasteiger partial charge < -0.3 is 41.0 Å². The van der Waals surface area contributed by atoms with E-state index in [0.29, 0.717) is 55.1 Å². The summed E-state index contributed by atoms with van der Waals surface area (Å²) in [6.07, 6.45) is 15.8. The number of ether oxygens (including phenoxy) is 2. The summed E-state index contributed by atoms with van der Waals surface area (Å²) in [6.45, 7) is 28.8. The summed E-state index contributed by atoms with van der Waals surface area (Å²) in [4.78, 5) is 51.5. The standard InChI is InChI=1S/C38H63N3O6S.C10H21NO.CH4O/c1-24(2)26(5)15-16-32(40-38(46)33(17-18-48-8)39-28(7)42)34(44)19-27(6)37(45)41-36(25(3)4)35-22-30(21-31(43)23-47-35)20-29-13-11-9-10-12-14-29;1-8(2)7-11-9(3)12-10(4,5)6;1-2/h9-13,24-27,30,32-36,44H,14-23H2,1-8H3,(H,39,42)(H,40,46)(H,41,45);8,11H,3,7H2,1-2,4-6H3;2H,1H3/t26-,27-,30+,32+,33+,34+,35-,36+;;/m1../s1. The van der Waals surface area contributed by atoms with Crippen molar-refractivity contribution < 1.29 is 38.9 Å². The monoisotopic (exact) mass is 893 g/mol. The number of allylic oxidation sites excluding steroid dienone is 6. The lowest BCUT2D eigenvalue weighted by Gasteiger charge is -2.33. The third-order valence-electron chi connectivity index (χ3n) is 10.9. The molecule has 0 aromatic heterocycles. The van der Waals surface area contributed by atoms with Gasteiger partial charge in [0.1, 0.15) is 18.2 Å². The van der Waals surface area contributed by atoms with Crippen LogP contribution in [-0.4, -0.2) is 102 Å². The molecule has 1 aliphatic carbocycles. The van der Waals surface area contributed by atoms with Crippen molar-refractivity contribution in [1.82, 2.24) is 21.3 Å². The number of hydrogen-bond donors (Lipinski definition) is 6. The van der Waals surface area contributed by atoms with Gasteiger partial charge in [-0.05, 0) is 114 Å². The second kappa shape index (κ2) is 31.7. The van der Waals surface area contributed by atoms with Gasteiger partial charge in [0.15, 0.2) is 11.7 Å². The normalized spacial score (nSPS) is 19.5. The molecule has 0 spiro atoms. The molecular weight excluding hydrogens is 805 g/mol. The fraction of sp³-hybridized carbons (Fsp3) is 0.755. The van der Waals surface area contributed by atoms with Gasteiger partial charge in [-0.25, -0.2) is 0 Å². The minimum Gasteiger partial charge on any atom is -0.474 e. The van der Waals surface area contributed by atoms with E-state index in [1.165, 1.54) is 12.5 Å². The van der Waals surface area contributed by atoms with E-state index in [0.717, 1.165) is 32.9 Å². The van der Waals surface area contributed by atoms with Crippen molar-refractivity contribution in [3.63, 3.8) is 0 Å². The number of rotatable bonds is 23. The summed E-state index contributed by atoms with van der Waals surface area (Å²) >= 11 is 1.60. The highest BCUT2D eigenvalue weighted by Gasteiger charge is 2.35. The van der Waals surface area contributed by atoms with Gasteiger partial charge in [-0.1, -0.05) is 91.3 Å². The smallest absolute Gasteiger partial charge is 0.242 e. The van der Waals surface area contributed by atoms with Crippen LogP contribution >= 0.6 is 11.8 Å². The number of aliphatic hydroxyl groups is 2. The third kappa shape index (κ3) is 26.5. The van der Waals surface area contributed by atoms with Crippen LogP contribution in [0.4, 0.5) is 0 Å². The van der Waals surface area contributed by atoms with Crippen molar-refractivity contribution in [2.75, 3.05) is 32.3 Å². The number of carbonyl (C=O) groups excluding carboxylic acids is 4. The van der Waals surface area contributed by atoms with E-state index in [1.807, 2.05) is 59.1 Å². The van der Waals surface area contributed by atoms with Crippen LogP contribution in [-0.2, 0) is 28.7 Å². The van der Waals surface area contributed by atoms with Crippen LogP contribution in [0.25, 0.3) is 0 Å². The van der Waals surface area contributed by atoms with Gasteiger partial charge in [0.25, 0.3) is 0 Å². The molecular formula is C49H88N4O8S. The summed E-state index contributed by atoms with van der Waals surface area (Å²) in [7, 11) is 1.00. The lowest BCUT2D eigenvalue weighted by molar-refractivity contribution is -0.130. The van der Waals surface area contributed by atoms with Gasteiger partial charge in [0.05, 0.1) is 24.3 Å². The number of nitrogens with one attached hydrogen (secondary N) is 4. The summed E-state index contributed by atoms with van der Waals surface area (Å²) in [5, 5.41) is 30.6. The molecule has 1 heterocycles. The van der Waals surface area contributed by atoms with E-state index in [1.54, 1.807) is 18.7 Å². The average Bonchev–Trinajstić information content (AvgIpc) is 3.55. The van der Waals surface area contributed by atoms with Gasteiger partial charge in [-0.15, -0.1) is 0 Å². The van der Waals surface area contributed by atoms with Crippen molar-refractivity contribution in [3.8, 4) is 0 Å². The maximum absolute atomic E-state index is 13.7. The quantitative estimate of drug-likeness (QED) is 0.0559. The molecule has 2 rings (SSSR count). The summed E-state index contributed by atoms with van der Waals surface area (Å²) in [5.41, 5.74) is 1.13. The number of amides is 3. The maximum Gasteiger partial charge on any atom is 0.242 e. The van der Waals surface area contributed by atoms with Gasteiger partial charge in [0.2, 0.25) is 17.7 Å². The van der Waals surface area contributed by atoms with Crippen LogP contribution in [0.1, 0.15) is 134 Å². The van der Waals surface area contributed by atoms with Crippen LogP contribution in [0, 0.1) is 35.5 Å². The van der Waals surface area contributed by atoms with E-state index in [9.17, 15) is 24.3 Å². The first-order chi connectivity index (χ1) is 29.0. The second-order valence-electron chi connectivity index (χ2n) is 19.1. The third-order valence-corrected chi connectivity index (χ3v) is 11.6. The molecule has 0 aromatic carbocycles. The second-order valence-corrected chi connectivity index (χ2v) is 20.1. The molecule has 0 radical (unpaired) electrons. The molecule has 8 atom stereocenters. The summed E-state index contributed by atoms with van der Waals surface area (Å²) in [6, 6.07) is -1.56. The lowest BCUT2D eigenvalue weighted by Crippen LogP contribution is -2.53. The fourth-order valence-corrected chi connectivity index (χ4v) is 7.60. The zero-order valence-electron chi connectivity index (χ0n) is 41.0. The van der Waals surface area contributed by atoms with Crippen LogP contribution in [0.2, 0.25) is 0 Å². The molecule has 2 aliphatic rings. The SMILES string of the molecule is C=C(NCC(C)C)OC(C)(C)C.CO.CSCC[C@H](NC(C)=O)C(=O)N[C@@H](CC[C@@H](C)C(C)C)[C@@H](O)C[C@@H](C)C(=O)N[C@@H](C(C)C)[C@H]1C[C@@H](CC2=CC=CC=CC2)CC(=O)CO1. The maximum atomic E-state index is 13.7. The van der Waals surface area contributed by atoms with Crippen molar-refractivity contribution in [2.45, 2.75) is 170 Å². The molecule has 0 bridgehead atoms. The molecule has 0 aromatic rings. The molecule has 3 amide bonds. The Kier molecular flexibility index (Phi) is 30.1. The average molecular weight is 893 g/mol. The molecule has 0 saturated carbocycles. The molecule has 1 aliphatic heterocycles.